The van der Waals surface area contributed by atoms with Crippen LogP contribution in [0.3, 0.4) is 0 Å². The van der Waals surface area contributed by atoms with E-state index in [1.807, 2.05) is 0 Å². The van der Waals surface area contributed by atoms with Gasteiger partial charge in [-0.1, -0.05) is 104 Å². The molecule has 0 bridgehead atoms. The number of rotatable bonds is 20. The summed E-state index contributed by atoms with van der Waals surface area (Å²) in [6, 6.07) is -0.601. The van der Waals surface area contributed by atoms with Crippen molar-refractivity contribution in [2.45, 2.75) is 130 Å². The fraction of sp³-hybridized carbons (Fsp3) is 0.917. The van der Waals surface area contributed by atoms with E-state index in [2.05, 4.69) is 19.2 Å². The first kappa shape index (κ1) is 27.7. The predicted molar refractivity (Wildman–Crippen MR) is 120 cm³/mol. The van der Waals surface area contributed by atoms with Gasteiger partial charge in [-0.25, -0.2) is 9.59 Å². The van der Waals surface area contributed by atoms with Crippen molar-refractivity contribution in [1.82, 2.24) is 5.32 Å². The highest BCUT2D eigenvalue weighted by Gasteiger charge is 2.22. The first-order valence-electron chi connectivity index (χ1n) is 12.3. The molecule has 0 heterocycles. The third-order valence-corrected chi connectivity index (χ3v) is 5.19. The Balaban J connectivity index is 3.63. The molecule has 1 amide bonds. The van der Waals surface area contributed by atoms with Crippen molar-refractivity contribution in [3.05, 3.63) is 0 Å². The van der Waals surface area contributed by atoms with Gasteiger partial charge in [0.2, 0.25) is 0 Å². The molecule has 0 aliphatic carbocycles. The van der Waals surface area contributed by atoms with Crippen LogP contribution in [-0.2, 0) is 14.3 Å². The van der Waals surface area contributed by atoms with E-state index >= 15 is 0 Å². The highest BCUT2D eigenvalue weighted by molar-refractivity contribution is 5.81. The standard InChI is InChI=1S/C24H47NO4/c1-4-7-9-10-11-12-13-14-15-16-17-18-19-21-29-23(26)22(20-8-5-2)25-24(27)28-6-3/h22H,4-21H2,1-3H3,(H,25,27). The van der Waals surface area contributed by atoms with Gasteiger partial charge in [0, 0.05) is 0 Å². The summed E-state index contributed by atoms with van der Waals surface area (Å²) in [4.78, 5) is 23.8. The molecule has 0 aliphatic heterocycles. The topological polar surface area (TPSA) is 64.6 Å². The van der Waals surface area contributed by atoms with Gasteiger partial charge in [0.15, 0.2) is 0 Å². The highest BCUT2D eigenvalue weighted by Crippen LogP contribution is 2.12. The summed E-state index contributed by atoms with van der Waals surface area (Å²) >= 11 is 0. The van der Waals surface area contributed by atoms with E-state index in [4.69, 9.17) is 9.47 Å². The highest BCUT2D eigenvalue weighted by atomic mass is 16.6. The second-order valence-electron chi connectivity index (χ2n) is 7.97. The average Bonchev–Trinajstić information content (AvgIpc) is 2.71. The number of amides is 1. The van der Waals surface area contributed by atoms with Gasteiger partial charge >= 0.3 is 12.1 Å². The molecule has 1 atom stereocenters. The molecule has 1 unspecified atom stereocenters. The van der Waals surface area contributed by atoms with Crippen LogP contribution in [0.15, 0.2) is 0 Å². The van der Waals surface area contributed by atoms with E-state index in [9.17, 15) is 9.59 Å². The van der Waals surface area contributed by atoms with Crippen LogP contribution in [-0.4, -0.2) is 31.3 Å². The Morgan fingerprint density at radius 1 is 0.655 bits per heavy atom. The Morgan fingerprint density at radius 2 is 1.14 bits per heavy atom. The average molecular weight is 414 g/mol. The van der Waals surface area contributed by atoms with Crippen LogP contribution < -0.4 is 5.32 Å². The number of nitrogens with one attached hydrogen (secondary N) is 1. The van der Waals surface area contributed by atoms with E-state index in [0.29, 0.717) is 19.6 Å². The van der Waals surface area contributed by atoms with Gasteiger partial charge in [0.1, 0.15) is 6.04 Å². The molecule has 0 saturated carbocycles. The van der Waals surface area contributed by atoms with Gasteiger partial charge in [0.25, 0.3) is 0 Å². The number of carbonyl (C=O) groups excluding carboxylic acids is 2. The molecule has 0 aliphatic rings. The van der Waals surface area contributed by atoms with Crippen molar-refractivity contribution >= 4 is 12.1 Å². The van der Waals surface area contributed by atoms with Crippen molar-refractivity contribution in [2.75, 3.05) is 13.2 Å². The smallest absolute Gasteiger partial charge is 0.407 e. The van der Waals surface area contributed by atoms with Crippen LogP contribution in [0.2, 0.25) is 0 Å². The van der Waals surface area contributed by atoms with E-state index in [1.165, 1.54) is 70.6 Å². The number of alkyl carbamates (subject to hydrolysis) is 1. The molecule has 29 heavy (non-hydrogen) atoms. The normalized spacial score (nSPS) is 11.8. The predicted octanol–water partition coefficient (Wildman–Crippen LogP) is 6.93. The molecular formula is C24H47NO4. The Hall–Kier alpha value is -1.26. The first-order chi connectivity index (χ1) is 14.2. The summed E-state index contributed by atoms with van der Waals surface area (Å²) in [6.07, 6.45) is 18.7. The zero-order valence-electron chi connectivity index (χ0n) is 19.4. The van der Waals surface area contributed by atoms with Gasteiger partial charge in [-0.05, 0) is 19.8 Å². The zero-order chi connectivity index (χ0) is 21.6. The van der Waals surface area contributed by atoms with Crippen molar-refractivity contribution in [1.29, 1.82) is 0 Å². The maximum Gasteiger partial charge on any atom is 0.407 e. The minimum absolute atomic E-state index is 0.292. The second kappa shape index (κ2) is 21.4. The molecule has 0 spiro atoms. The SMILES string of the molecule is CCCCCCCCCCCCCCCOC(=O)C(CCCC)NC(=O)OCC. The lowest BCUT2D eigenvalue weighted by Crippen LogP contribution is -2.42. The maximum atomic E-state index is 12.2. The number of carbonyl (C=O) groups is 2. The molecule has 172 valence electrons. The Kier molecular flexibility index (Phi) is 20.5. The Labute approximate surface area is 179 Å². The Bertz CT molecular complexity index is 387. The van der Waals surface area contributed by atoms with Crippen molar-refractivity contribution in [3.8, 4) is 0 Å². The molecule has 0 fully saturated rings. The largest absolute Gasteiger partial charge is 0.464 e. The molecule has 5 nitrogen and oxygen atoms in total. The van der Waals surface area contributed by atoms with Crippen LogP contribution in [0.25, 0.3) is 0 Å². The molecule has 0 radical (unpaired) electrons. The van der Waals surface area contributed by atoms with Crippen molar-refractivity contribution < 1.29 is 19.1 Å². The summed E-state index contributed by atoms with van der Waals surface area (Å²) in [5, 5.41) is 2.62. The fourth-order valence-corrected chi connectivity index (χ4v) is 3.37. The third kappa shape index (κ3) is 18.5. The number of ether oxygens (including phenoxy) is 2. The second-order valence-corrected chi connectivity index (χ2v) is 7.97. The van der Waals surface area contributed by atoms with Gasteiger partial charge < -0.3 is 14.8 Å². The summed E-state index contributed by atoms with van der Waals surface area (Å²) in [5.41, 5.74) is 0. The van der Waals surface area contributed by atoms with E-state index in [-0.39, 0.29) is 5.97 Å². The molecule has 5 heteroatoms. The molecule has 0 rings (SSSR count). The maximum absolute atomic E-state index is 12.2. The number of esters is 1. The molecule has 0 aromatic heterocycles. The van der Waals surface area contributed by atoms with Crippen LogP contribution in [0, 0.1) is 0 Å². The van der Waals surface area contributed by atoms with Crippen LogP contribution in [0.1, 0.15) is 124 Å². The summed E-state index contributed by atoms with van der Waals surface area (Å²) in [7, 11) is 0. The quantitative estimate of drug-likeness (QED) is 0.174. The summed E-state index contributed by atoms with van der Waals surface area (Å²) in [5.74, 6) is -0.342. The van der Waals surface area contributed by atoms with Crippen molar-refractivity contribution in [2.24, 2.45) is 0 Å². The lowest BCUT2D eigenvalue weighted by atomic mass is 10.0. The van der Waals surface area contributed by atoms with Crippen molar-refractivity contribution in [3.63, 3.8) is 0 Å². The molecule has 0 aromatic rings. The third-order valence-electron chi connectivity index (χ3n) is 5.19. The molecule has 0 aromatic carbocycles. The lowest BCUT2D eigenvalue weighted by molar-refractivity contribution is -0.146. The van der Waals surface area contributed by atoms with Gasteiger partial charge in [-0.15, -0.1) is 0 Å². The monoisotopic (exact) mass is 413 g/mol. The lowest BCUT2D eigenvalue weighted by Gasteiger charge is -2.17. The van der Waals surface area contributed by atoms with Gasteiger partial charge in [0.05, 0.1) is 13.2 Å². The summed E-state index contributed by atoms with van der Waals surface area (Å²) in [6.45, 7) is 6.79. The van der Waals surface area contributed by atoms with Crippen LogP contribution >= 0.6 is 0 Å². The van der Waals surface area contributed by atoms with Crippen LogP contribution in [0.5, 0.6) is 0 Å². The van der Waals surface area contributed by atoms with E-state index < -0.39 is 12.1 Å². The van der Waals surface area contributed by atoms with E-state index in [1.54, 1.807) is 6.92 Å². The summed E-state index contributed by atoms with van der Waals surface area (Å²) < 4.78 is 10.2. The number of unbranched alkanes of at least 4 members (excludes halogenated alkanes) is 13. The molecule has 1 N–H and O–H groups in total. The minimum Gasteiger partial charge on any atom is -0.464 e. The Morgan fingerprint density at radius 3 is 1.62 bits per heavy atom. The number of hydrogen-bond acceptors (Lipinski definition) is 4. The van der Waals surface area contributed by atoms with E-state index in [0.717, 1.165) is 25.7 Å². The zero-order valence-corrected chi connectivity index (χ0v) is 19.4. The molecule has 0 saturated heterocycles. The van der Waals surface area contributed by atoms with Gasteiger partial charge in [-0.2, -0.15) is 0 Å². The van der Waals surface area contributed by atoms with Gasteiger partial charge in [-0.3, -0.25) is 0 Å². The van der Waals surface area contributed by atoms with Crippen LogP contribution in [0.4, 0.5) is 4.79 Å². The minimum atomic E-state index is -0.601. The fourth-order valence-electron chi connectivity index (χ4n) is 3.37. The number of hydrogen-bond donors (Lipinski definition) is 1. The first-order valence-corrected chi connectivity index (χ1v) is 12.3. The molecular weight excluding hydrogens is 366 g/mol.